The molecule has 0 saturated heterocycles. The van der Waals surface area contributed by atoms with Gasteiger partial charge in [-0.1, -0.05) is 13.3 Å². The van der Waals surface area contributed by atoms with Gasteiger partial charge in [0, 0.05) is 13.2 Å². The number of aliphatic hydroxyl groups excluding tert-OH is 2. The second-order valence-corrected chi connectivity index (χ2v) is 7.16. The van der Waals surface area contributed by atoms with Crippen molar-refractivity contribution < 1.29 is 14.9 Å². The summed E-state index contributed by atoms with van der Waals surface area (Å²) in [4.78, 5) is 0. The van der Waals surface area contributed by atoms with Gasteiger partial charge in [0.15, 0.2) is 0 Å². The van der Waals surface area contributed by atoms with Crippen molar-refractivity contribution in [3.63, 3.8) is 0 Å². The zero-order valence-corrected chi connectivity index (χ0v) is 13.5. The van der Waals surface area contributed by atoms with Crippen molar-refractivity contribution in [3.8, 4) is 0 Å². The average molecular weight is 299 g/mol. The Morgan fingerprint density at radius 1 is 1.10 bits per heavy atom. The van der Waals surface area contributed by atoms with Crippen molar-refractivity contribution in [2.75, 3.05) is 26.3 Å². The van der Waals surface area contributed by atoms with E-state index in [2.05, 4.69) is 12.2 Å². The summed E-state index contributed by atoms with van der Waals surface area (Å²) in [5, 5.41) is 22.6. The summed E-state index contributed by atoms with van der Waals surface area (Å²) >= 11 is 0. The fourth-order valence-corrected chi connectivity index (χ4v) is 3.76. The van der Waals surface area contributed by atoms with E-state index in [0.717, 1.165) is 31.7 Å². The molecule has 4 nitrogen and oxygen atoms in total. The molecular formula is C17H33NO3. The van der Waals surface area contributed by atoms with Gasteiger partial charge in [-0.2, -0.15) is 0 Å². The second-order valence-electron chi connectivity index (χ2n) is 7.16. The summed E-state index contributed by atoms with van der Waals surface area (Å²) < 4.78 is 5.83. The van der Waals surface area contributed by atoms with E-state index in [1.807, 2.05) is 0 Å². The summed E-state index contributed by atoms with van der Waals surface area (Å²) in [5.41, 5.74) is 0. The van der Waals surface area contributed by atoms with E-state index < -0.39 is 6.10 Å². The molecule has 0 heterocycles. The lowest BCUT2D eigenvalue weighted by Gasteiger charge is -2.27. The maximum atomic E-state index is 9.99. The summed E-state index contributed by atoms with van der Waals surface area (Å²) in [6.45, 7) is 4.55. The van der Waals surface area contributed by atoms with Gasteiger partial charge >= 0.3 is 0 Å². The van der Waals surface area contributed by atoms with Gasteiger partial charge in [0.2, 0.25) is 0 Å². The number of aliphatic hydroxyl groups is 2. The molecule has 2 saturated carbocycles. The first kappa shape index (κ1) is 17.2. The average Bonchev–Trinajstić information content (AvgIpc) is 2.94. The van der Waals surface area contributed by atoms with Gasteiger partial charge in [-0.3, -0.25) is 0 Å². The van der Waals surface area contributed by atoms with Gasteiger partial charge < -0.3 is 20.3 Å². The summed E-state index contributed by atoms with van der Waals surface area (Å²) in [6, 6.07) is 0. The SMILES string of the molecule is CC1CCC(OCC(O)CNCC2CCCC2CO)CC1. The topological polar surface area (TPSA) is 61.7 Å². The lowest BCUT2D eigenvalue weighted by Crippen LogP contribution is -2.36. The third-order valence-corrected chi connectivity index (χ3v) is 5.32. The number of nitrogens with one attached hydrogen (secondary N) is 1. The predicted octanol–water partition coefficient (Wildman–Crippen LogP) is 1.94. The van der Waals surface area contributed by atoms with Crippen LogP contribution in [0.2, 0.25) is 0 Å². The van der Waals surface area contributed by atoms with Crippen LogP contribution in [-0.2, 0) is 4.74 Å². The highest BCUT2D eigenvalue weighted by Crippen LogP contribution is 2.30. The van der Waals surface area contributed by atoms with Crippen molar-refractivity contribution in [2.24, 2.45) is 17.8 Å². The number of hydrogen-bond donors (Lipinski definition) is 3. The quantitative estimate of drug-likeness (QED) is 0.641. The molecule has 0 bridgehead atoms. The van der Waals surface area contributed by atoms with Crippen LogP contribution in [0.15, 0.2) is 0 Å². The molecule has 3 N–H and O–H groups in total. The van der Waals surface area contributed by atoms with Gasteiger partial charge in [0.25, 0.3) is 0 Å². The smallest absolute Gasteiger partial charge is 0.0897 e. The molecule has 2 aliphatic rings. The minimum Gasteiger partial charge on any atom is -0.396 e. The molecule has 0 aromatic heterocycles. The highest BCUT2D eigenvalue weighted by Gasteiger charge is 2.26. The van der Waals surface area contributed by atoms with Crippen LogP contribution in [0.25, 0.3) is 0 Å². The molecule has 2 rings (SSSR count). The van der Waals surface area contributed by atoms with E-state index in [-0.39, 0.29) is 0 Å². The van der Waals surface area contributed by atoms with Crippen LogP contribution >= 0.6 is 0 Å². The monoisotopic (exact) mass is 299 g/mol. The lowest BCUT2D eigenvalue weighted by molar-refractivity contribution is -0.0280. The van der Waals surface area contributed by atoms with Crippen molar-refractivity contribution in [3.05, 3.63) is 0 Å². The van der Waals surface area contributed by atoms with Gasteiger partial charge in [-0.15, -0.1) is 0 Å². The molecule has 3 atom stereocenters. The fourth-order valence-electron chi connectivity index (χ4n) is 3.76. The first-order chi connectivity index (χ1) is 10.2. The van der Waals surface area contributed by atoms with Crippen LogP contribution in [0.4, 0.5) is 0 Å². The minimum atomic E-state index is -0.418. The zero-order valence-electron chi connectivity index (χ0n) is 13.5. The molecule has 2 aliphatic carbocycles. The van der Waals surface area contributed by atoms with Gasteiger partial charge in [-0.05, 0) is 62.8 Å². The molecule has 124 valence electrons. The van der Waals surface area contributed by atoms with E-state index in [0.29, 0.717) is 37.7 Å². The maximum absolute atomic E-state index is 9.99. The fraction of sp³-hybridized carbons (Fsp3) is 1.00. The van der Waals surface area contributed by atoms with Crippen LogP contribution < -0.4 is 5.32 Å². The van der Waals surface area contributed by atoms with E-state index in [9.17, 15) is 10.2 Å². The molecule has 0 aliphatic heterocycles. The van der Waals surface area contributed by atoms with Crippen LogP contribution in [0.1, 0.15) is 51.9 Å². The first-order valence-corrected chi connectivity index (χ1v) is 8.80. The second kappa shape index (κ2) is 9.09. The molecule has 0 aromatic carbocycles. The van der Waals surface area contributed by atoms with Crippen LogP contribution in [0, 0.1) is 17.8 Å². The first-order valence-electron chi connectivity index (χ1n) is 8.80. The Morgan fingerprint density at radius 3 is 2.52 bits per heavy atom. The zero-order chi connectivity index (χ0) is 15.1. The predicted molar refractivity (Wildman–Crippen MR) is 84.2 cm³/mol. The van der Waals surface area contributed by atoms with Crippen molar-refractivity contribution in [2.45, 2.75) is 64.1 Å². The Kier molecular flexibility index (Phi) is 7.44. The number of hydrogen-bond acceptors (Lipinski definition) is 4. The van der Waals surface area contributed by atoms with Crippen LogP contribution in [-0.4, -0.2) is 48.7 Å². The van der Waals surface area contributed by atoms with E-state index >= 15 is 0 Å². The molecule has 0 amide bonds. The summed E-state index contributed by atoms with van der Waals surface area (Å²) in [6.07, 6.45) is 8.29. The third-order valence-electron chi connectivity index (χ3n) is 5.32. The highest BCUT2D eigenvalue weighted by molar-refractivity contribution is 4.79. The molecule has 0 spiro atoms. The maximum Gasteiger partial charge on any atom is 0.0897 e. The summed E-state index contributed by atoms with van der Waals surface area (Å²) in [7, 11) is 0. The molecule has 0 radical (unpaired) electrons. The van der Waals surface area contributed by atoms with Crippen molar-refractivity contribution >= 4 is 0 Å². The van der Waals surface area contributed by atoms with Gasteiger partial charge in [0.1, 0.15) is 0 Å². The number of rotatable bonds is 8. The van der Waals surface area contributed by atoms with Crippen LogP contribution in [0.3, 0.4) is 0 Å². The molecular weight excluding hydrogens is 266 g/mol. The Morgan fingerprint density at radius 2 is 1.81 bits per heavy atom. The Labute approximate surface area is 129 Å². The number of ether oxygens (including phenoxy) is 1. The molecule has 3 unspecified atom stereocenters. The van der Waals surface area contributed by atoms with E-state index in [1.54, 1.807) is 0 Å². The van der Waals surface area contributed by atoms with Gasteiger partial charge in [0.05, 0.1) is 18.8 Å². The van der Waals surface area contributed by atoms with Gasteiger partial charge in [-0.25, -0.2) is 0 Å². The van der Waals surface area contributed by atoms with Crippen molar-refractivity contribution in [1.29, 1.82) is 0 Å². The molecule has 2 fully saturated rings. The lowest BCUT2D eigenvalue weighted by atomic mass is 9.89. The summed E-state index contributed by atoms with van der Waals surface area (Å²) in [5.74, 6) is 1.86. The van der Waals surface area contributed by atoms with E-state index in [4.69, 9.17) is 4.74 Å². The largest absolute Gasteiger partial charge is 0.396 e. The minimum absolute atomic E-state index is 0.304. The standard InChI is InChI=1S/C17H33NO3/c1-13-5-7-17(8-6-13)21-12-16(20)10-18-9-14-3-2-4-15(14)11-19/h13-20H,2-12H2,1H3. The Bertz CT molecular complexity index is 279. The third kappa shape index (κ3) is 5.85. The molecule has 21 heavy (non-hydrogen) atoms. The Hall–Kier alpha value is -0.160. The normalized spacial score (nSPS) is 35.0. The van der Waals surface area contributed by atoms with Crippen LogP contribution in [0.5, 0.6) is 0 Å². The van der Waals surface area contributed by atoms with Crippen molar-refractivity contribution in [1.82, 2.24) is 5.32 Å². The molecule has 4 heteroatoms. The Balaban J connectivity index is 1.52. The highest BCUT2D eigenvalue weighted by atomic mass is 16.5. The van der Waals surface area contributed by atoms with E-state index in [1.165, 1.54) is 25.7 Å². The molecule has 0 aromatic rings.